The molecule has 3 heterocycles. The summed E-state index contributed by atoms with van der Waals surface area (Å²) in [5, 5.41) is 10.3. The third-order valence-corrected chi connectivity index (χ3v) is 9.32. The van der Waals surface area contributed by atoms with E-state index in [4.69, 9.17) is 47.2 Å². The molecular weight excluding hydrogens is 633 g/mol. The van der Waals surface area contributed by atoms with Gasteiger partial charge in [-0.25, -0.2) is 4.68 Å². The zero-order chi connectivity index (χ0) is 33.7. The summed E-state index contributed by atoms with van der Waals surface area (Å²) in [5.41, 5.74) is 5.02. The normalized spacial score (nSPS) is 13.0. The van der Waals surface area contributed by atoms with Crippen molar-refractivity contribution >= 4 is 35.1 Å². The number of carbonyl (C=O) groups excluding carboxylic acids is 2. The van der Waals surface area contributed by atoms with Crippen molar-refractivity contribution in [3.05, 3.63) is 63.0 Å². The molecule has 244 valence electrons. The van der Waals surface area contributed by atoms with E-state index in [1.165, 1.54) is 7.11 Å². The van der Waals surface area contributed by atoms with Crippen LogP contribution in [0.15, 0.2) is 30.3 Å². The molecule has 0 radical (unpaired) electrons. The molecule has 1 atom stereocenters. The first-order valence-electron chi connectivity index (χ1n) is 14.6. The largest absolute Gasteiger partial charge is 0.496 e. The van der Waals surface area contributed by atoms with Crippen molar-refractivity contribution in [1.82, 2.24) is 24.5 Å². The number of likely N-dealkylation sites (N-methyl/N-ethyl adjacent to an activating group) is 1. The highest BCUT2D eigenvalue weighted by atomic mass is 35.5. The summed E-state index contributed by atoms with van der Waals surface area (Å²) in [4.78, 5) is 27.9. The van der Waals surface area contributed by atoms with E-state index in [1.54, 1.807) is 53.7 Å². The zero-order valence-electron chi connectivity index (χ0n) is 27.3. The maximum absolute atomic E-state index is 14.2. The smallest absolute Gasteiger partial charge is 0.327 e. The average Bonchev–Trinajstić information content (AvgIpc) is 3.55. The van der Waals surface area contributed by atoms with Gasteiger partial charge in [-0.05, 0) is 58.9 Å². The number of methoxy groups -OCH3 is 3. The van der Waals surface area contributed by atoms with E-state index in [2.05, 4.69) is 5.10 Å². The highest BCUT2D eigenvalue weighted by molar-refractivity contribution is 6.34. The van der Waals surface area contributed by atoms with Gasteiger partial charge in [-0.1, -0.05) is 23.2 Å². The number of halogens is 2. The molecule has 4 aromatic rings. The molecule has 2 aromatic heterocycles. The van der Waals surface area contributed by atoms with Crippen molar-refractivity contribution in [2.45, 2.75) is 59.4 Å². The molecule has 0 saturated carbocycles. The molecule has 5 rings (SSSR count). The van der Waals surface area contributed by atoms with Gasteiger partial charge in [0.1, 0.15) is 24.7 Å². The molecule has 2 aromatic carbocycles. The number of ether oxygens (including phenoxy) is 4. The minimum atomic E-state index is -0.658. The second-order valence-electron chi connectivity index (χ2n) is 11.7. The maximum atomic E-state index is 14.2. The molecule has 1 aliphatic heterocycles. The van der Waals surface area contributed by atoms with Gasteiger partial charge in [0.2, 0.25) is 0 Å². The standard InChI is InChI=1S/C33H37Cl2N5O6/c1-17-29(18(2)39(36-17)15-28(41)45-9)23-13-24-27(14-26(23)44-8)46-16-25-30(32(42)38(6)33(4,5)19(3)43-7)37-40(31(24)25)22-11-20(34)10-21(35)12-22/h10-14,19H,15-16H2,1-9H3/t19-/m1/s1. The van der Waals surface area contributed by atoms with Crippen LogP contribution in [0.4, 0.5) is 0 Å². The van der Waals surface area contributed by atoms with Crippen LogP contribution >= 0.6 is 23.2 Å². The number of nitrogens with zero attached hydrogens (tertiary/aromatic N) is 5. The van der Waals surface area contributed by atoms with Crippen molar-refractivity contribution in [3.63, 3.8) is 0 Å². The lowest BCUT2D eigenvalue weighted by Gasteiger charge is -2.39. The van der Waals surface area contributed by atoms with Crippen LogP contribution < -0.4 is 9.47 Å². The van der Waals surface area contributed by atoms with Crippen molar-refractivity contribution in [3.8, 4) is 39.6 Å². The van der Waals surface area contributed by atoms with Crippen LogP contribution in [0.2, 0.25) is 10.0 Å². The number of hydrogen-bond donors (Lipinski definition) is 0. The first-order valence-corrected chi connectivity index (χ1v) is 15.3. The van der Waals surface area contributed by atoms with Gasteiger partial charge in [0.15, 0.2) is 5.69 Å². The van der Waals surface area contributed by atoms with Gasteiger partial charge in [0, 0.05) is 58.2 Å². The second kappa shape index (κ2) is 12.6. The Balaban J connectivity index is 1.76. The van der Waals surface area contributed by atoms with Crippen LogP contribution in [0.25, 0.3) is 28.1 Å². The van der Waals surface area contributed by atoms with Gasteiger partial charge in [-0.3, -0.25) is 14.3 Å². The zero-order valence-corrected chi connectivity index (χ0v) is 28.8. The van der Waals surface area contributed by atoms with Crippen LogP contribution in [-0.2, 0) is 27.4 Å². The monoisotopic (exact) mass is 669 g/mol. The Kier molecular flexibility index (Phi) is 9.14. The van der Waals surface area contributed by atoms with E-state index in [-0.39, 0.29) is 30.9 Å². The molecule has 0 aliphatic carbocycles. The number of aryl methyl sites for hydroxylation is 1. The van der Waals surface area contributed by atoms with Gasteiger partial charge < -0.3 is 23.8 Å². The highest BCUT2D eigenvalue weighted by Crippen LogP contribution is 2.47. The number of esters is 1. The number of benzene rings is 2. The Morgan fingerprint density at radius 2 is 1.72 bits per heavy atom. The number of hydrogen-bond acceptors (Lipinski definition) is 8. The molecule has 1 amide bonds. The summed E-state index contributed by atoms with van der Waals surface area (Å²) in [7, 11) is 6.27. The number of aromatic nitrogens is 4. The SMILES string of the molecule is COC(=O)Cn1nc(C)c(-c2cc3c(cc2OC)OCc2c(C(=O)N(C)C(C)(C)[C@@H](C)OC)nn(-c4cc(Cl)cc(Cl)c4)c2-3)c1C. The topological polar surface area (TPSA) is 110 Å². The summed E-state index contributed by atoms with van der Waals surface area (Å²) in [6.07, 6.45) is -0.260. The van der Waals surface area contributed by atoms with Gasteiger partial charge in [0.05, 0.1) is 42.9 Å². The summed E-state index contributed by atoms with van der Waals surface area (Å²) in [6.45, 7) is 9.59. The molecule has 0 bridgehead atoms. The van der Waals surface area contributed by atoms with Gasteiger partial charge in [0.25, 0.3) is 5.91 Å². The summed E-state index contributed by atoms with van der Waals surface area (Å²) < 4.78 is 25.8. The summed E-state index contributed by atoms with van der Waals surface area (Å²) in [5.74, 6) is 0.380. The molecule has 0 fully saturated rings. The molecule has 11 nitrogen and oxygen atoms in total. The van der Waals surface area contributed by atoms with Crippen LogP contribution in [0.3, 0.4) is 0 Å². The first-order chi connectivity index (χ1) is 21.7. The Morgan fingerprint density at radius 3 is 2.33 bits per heavy atom. The Morgan fingerprint density at radius 1 is 1.04 bits per heavy atom. The van der Waals surface area contributed by atoms with Crippen LogP contribution in [0.1, 0.15) is 48.2 Å². The van der Waals surface area contributed by atoms with Crippen molar-refractivity contribution < 1.29 is 28.5 Å². The van der Waals surface area contributed by atoms with E-state index in [9.17, 15) is 9.59 Å². The van der Waals surface area contributed by atoms with E-state index in [0.717, 1.165) is 16.8 Å². The Labute approximate surface area is 277 Å². The van der Waals surface area contributed by atoms with Gasteiger partial charge >= 0.3 is 5.97 Å². The van der Waals surface area contributed by atoms with E-state index >= 15 is 0 Å². The predicted molar refractivity (Wildman–Crippen MR) is 175 cm³/mol. The lowest BCUT2D eigenvalue weighted by molar-refractivity contribution is -0.141. The molecular formula is C33H37Cl2N5O6. The highest BCUT2D eigenvalue weighted by Gasteiger charge is 2.39. The van der Waals surface area contributed by atoms with Crippen LogP contribution in [0, 0.1) is 13.8 Å². The first kappa shape index (κ1) is 33.3. The average molecular weight is 671 g/mol. The molecule has 0 saturated heterocycles. The van der Waals surface area contributed by atoms with Crippen molar-refractivity contribution in [2.75, 3.05) is 28.4 Å². The Bertz CT molecular complexity index is 1830. The number of rotatable bonds is 9. The fourth-order valence-electron chi connectivity index (χ4n) is 5.67. The van der Waals surface area contributed by atoms with Gasteiger partial charge in [-0.15, -0.1) is 0 Å². The lowest BCUT2D eigenvalue weighted by atomic mass is 9.94. The minimum Gasteiger partial charge on any atom is -0.496 e. The molecule has 13 heteroatoms. The third kappa shape index (κ3) is 5.72. The van der Waals surface area contributed by atoms with Crippen molar-refractivity contribution in [2.24, 2.45) is 0 Å². The number of amides is 1. The predicted octanol–water partition coefficient (Wildman–Crippen LogP) is 6.29. The molecule has 0 spiro atoms. The fraction of sp³-hybridized carbons (Fsp3) is 0.394. The maximum Gasteiger partial charge on any atom is 0.327 e. The quantitative estimate of drug-likeness (QED) is 0.191. The molecule has 1 aliphatic rings. The number of fused-ring (bicyclic) bond motifs is 3. The lowest BCUT2D eigenvalue weighted by Crippen LogP contribution is -2.52. The Hall–Kier alpha value is -4.06. The molecule has 46 heavy (non-hydrogen) atoms. The van der Waals surface area contributed by atoms with E-state index in [0.29, 0.717) is 49.7 Å². The molecule has 0 unspecified atom stereocenters. The van der Waals surface area contributed by atoms with E-state index < -0.39 is 11.5 Å². The third-order valence-electron chi connectivity index (χ3n) is 8.88. The summed E-state index contributed by atoms with van der Waals surface area (Å²) >= 11 is 12.9. The van der Waals surface area contributed by atoms with E-state index in [1.807, 2.05) is 46.8 Å². The second-order valence-corrected chi connectivity index (χ2v) is 12.6. The number of carbonyl (C=O) groups is 2. The fourth-order valence-corrected chi connectivity index (χ4v) is 6.19. The molecule has 0 N–H and O–H groups in total. The van der Waals surface area contributed by atoms with Crippen LogP contribution in [-0.4, -0.2) is 76.4 Å². The minimum absolute atomic E-state index is 0.0387. The van der Waals surface area contributed by atoms with Crippen LogP contribution in [0.5, 0.6) is 11.5 Å². The van der Waals surface area contributed by atoms with Crippen molar-refractivity contribution in [1.29, 1.82) is 0 Å². The summed E-state index contributed by atoms with van der Waals surface area (Å²) in [6, 6.07) is 8.85. The van der Waals surface area contributed by atoms with Gasteiger partial charge in [-0.2, -0.15) is 10.2 Å².